The van der Waals surface area contributed by atoms with E-state index in [2.05, 4.69) is 20.5 Å². The van der Waals surface area contributed by atoms with Crippen LogP contribution in [0.4, 0.5) is 10.1 Å². The number of nitrogens with one attached hydrogen (secondary N) is 2. The lowest BCUT2D eigenvalue weighted by atomic mass is 10.2. The Morgan fingerprint density at radius 1 is 1.14 bits per heavy atom. The summed E-state index contributed by atoms with van der Waals surface area (Å²) < 4.78 is 18.3. The van der Waals surface area contributed by atoms with E-state index >= 15 is 0 Å². The predicted molar refractivity (Wildman–Crippen MR) is 126 cm³/mol. The lowest BCUT2D eigenvalue weighted by Crippen LogP contribution is -2.49. The first kappa shape index (κ1) is 25.4. The molecule has 1 aliphatic rings. The quantitative estimate of drug-likeness (QED) is 0.226. The minimum absolute atomic E-state index is 0. The number of aliphatic imine (C=N–C) groups is 1. The number of hydrogen-bond donors (Lipinski definition) is 2. The molecule has 1 aliphatic heterocycles. The van der Waals surface area contributed by atoms with Crippen molar-refractivity contribution in [3.05, 3.63) is 30.1 Å². The molecule has 164 valence electrons. The van der Waals surface area contributed by atoms with Gasteiger partial charge < -0.3 is 25.2 Å². The Bertz CT molecular complexity index is 622. The molecule has 9 heteroatoms. The smallest absolute Gasteiger partial charge is 0.224 e. The fourth-order valence-corrected chi connectivity index (χ4v) is 3.02. The van der Waals surface area contributed by atoms with Crippen molar-refractivity contribution in [2.45, 2.75) is 20.3 Å². The molecule has 1 heterocycles. The normalized spacial score (nSPS) is 14.4. The Morgan fingerprint density at radius 2 is 1.83 bits per heavy atom. The van der Waals surface area contributed by atoms with Crippen LogP contribution in [0.5, 0.6) is 0 Å². The Labute approximate surface area is 190 Å². The number of anilines is 1. The van der Waals surface area contributed by atoms with E-state index in [1.807, 2.05) is 18.7 Å². The van der Waals surface area contributed by atoms with Crippen LogP contribution < -0.4 is 15.5 Å². The van der Waals surface area contributed by atoms with E-state index in [-0.39, 0.29) is 35.7 Å². The third-order valence-electron chi connectivity index (χ3n) is 4.51. The Balaban J connectivity index is 0.00000420. The fourth-order valence-electron chi connectivity index (χ4n) is 3.02. The largest absolute Gasteiger partial charge is 0.380 e. The second-order valence-corrected chi connectivity index (χ2v) is 6.48. The van der Waals surface area contributed by atoms with Gasteiger partial charge in [0.2, 0.25) is 5.91 Å². The summed E-state index contributed by atoms with van der Waals surface area (Å²) in [5.41, 5.74) is 0.994. The van der Waals surface area contributed by atoms with Crippen molar-refractivity contribution in [3.8, 4) is 0 Å². The zero-order valence-corrected chi connectivity index (χ0v) is 19.7. The molecule has 0 saturated carbocycles. The molecule has 2 N–H and O–H groups in total. The summed E-state index contributed by atoms with van der Waals surface area (Å²) in [4.78, 5) is 20.9. The highest BCUT2D eigenvalue weighted by Gasteiger charge is 2.21. The van der Waals surface area contributed by atoms with Gasteiger partial charge in [0.05, 0.1) is 13.2 Å². The molecule has 1 saturated heterocycles. The average molecular weight is 521 g/mol. The first-order valence-corrected chi connectivity index (χ1v) is 10.0. The van der Waals surface area contributed by atoms with Gasteiger partial charge in [-0.1, -0.05) is 0 Å². The average Bonchev–Trinajstić information content (AvgIpc) is 2.72. The lowest BCUT2D eigenvalue weighted by molar-refractivity contribution is -0.131. The molecule has 1 amide bonds. The SMILES string of the molecule is CCNC(=NCCOCC)NCCC(=O)N1CCN(c2ccc(F)cc2)CC1.I. The zero-order chi connectivity index (χ0) is 20.2. The molecule has 1 fully saturated rings. The zero-order valence-electron chi connectivity index (χ0n) is 17.3. The Hall–Kier alpha value is -1.62. The summed E-state index contributed by atoms with van der Waals surface area (Å²) >= 11 is 0. The van der Waals surface area contributed by atoms with Crippen molar-refractivity contribution in [3.63, 3.8) is 0 Å². The number of hydrogen-bond acceptors (Lipinski definition) is 4. The number of benzene rings is 1. The lowest BCUT2D eigenvalue weighted by Gasteiger charge is -2.36. The Morgan fingerprint density at radius 3 is 2.45 bits per heavy atom. The number of carbonyl (C=O) groups is 1. The third-order valence-corrected chi connectivity index (χ3v) is 4.51. The Kier molecular flexibility index (Phi) is 12.6. The molecule has 1 aromatic rings. The summed E-state index contributed by atoms with van der Waals surface area (Å²) in [5, 5.41) is 6.36. The van der Waals surface area contributed by atoms with E-state index < -0.39 is 0 Å². The van der Waals surface area contributed by atoms with E-state index in [0.717, 1.165) is 25.3 Å². The number of amides is 1. The summed E-state index contributed by atoms with van der Waals surface area (Å²) in [5.74, 6) is 0.607. The van der Waals surface area contributed by atoms with Gasteiger partial charge in [0.15, 0.2) is 5.96 Å². The highest BCUT2D eigenvalue weighted by atomic mass is 127. The van der Waals surface area contributed by atoms with Crippen LogP contribution in [0.1, 0.15) is 20.3 Å². The molecule has 7 nitrogen and oxygen atoms in total. The van der Waals surface area contributed by atoms with Crippen molar-refractivity contribution in [1.82, 2.24) is 15.5 Å². The van der Waals surface area contributed by atoms with E-state index in [1.54, 1.807) is 12.1 Å². The molecular formula is C20H33FIN5O2. The second-order valence-electron chi connectivity index (χ2n) is 6.48. The minimum Gasteiger partial charge on any atom is -0.380 e. The number of carbonyl (C=O) groups excluding carboxylic acids is 1. The van der Waals surface area contributed by atoms with Gasteiger partial charge in [-0.15, -0.1) is 24.0 Å². The molecule has 0 aliphatic carbocycles. The van der Waals surface area contributed by atoms with Crippen molar-refractivity contribution in [2.75, 3.05) is 63.9 Å². The number of piperazine rings is 1. The van der Waals surface area contributed by atoms with Crippen LogP contribution in [0, 0.1) is 5.82 Å². The van der Waals surface area contributed by atoms with Crippen LogP contribution in [0.2, 0.25) is 0 Å². The predicted octanol–water partition coefficient (Wildman–Crippen LogP) is 2.07. The van der Waals surface area contributed by atoms with Gasteiger partial charge in [-0.2, -0.15) is 0 Å². The van der Waals surface area contributed by atoms with Gasteiger partial charge in [0.1, 0.15) is 5.82 Å². The summed E-state index contributed by atoms with van der Waals surface area (Å²) in [6, 6.07) is 6.50. The van der Waals surface area contributed by atoms with Gasteiger partial charge >= 0.3 is 0 Å². The van der Waals surface area contributed by atoms with Crippen LogP contribution >= 0.6 is 24.0 Å². The molecule has 0 aromatic heterocycles. The third kappa shape index (κ3) is 9.16. The van der Waals surface area contributed by atoms with Crippen molar-refractivity contribution < 1.29 is 13.9 Å². The number of nitrogens with zero attached hydrogens (tertiary/aromatic N) is 3. The molecule has 29 heavy (non-hydrogen) atoms. The van der Waals surface area contributed by atoms with Crippen LogP contribution in [-0.4, -0.2) is 75.8 Å². The van der Waals surface area contributed by atoms with Crippen molar-refractivity contribution in [2.24, 2.45) is 4.99 Å². The van der Waals surface area contributed by atoms with E-state index in [0.29, 0.717) is 51.8 Å². The molecule has 0 atom stereocenters. The van der Waals surface area contributed by atoms with E-state index in [9.17, 15) is 9.18 Å². The first-order chi connectivity index (χ1) is 13.6. The molecule has 1 aromatic carbocycles. The van der Waals surface area contributed by atoms with Crippen LogP contribution in [0.3, 0.4) is 0 Å². The first-order valence-electron chi connectivity index (χ1n) is 10.0. The van der Waals surface area contributed by atoms with Crippen LogP contribution in [0.15, 0.2) is 29.3 Å². The fraction of sp³-hybridized carbons (Fsp3) is 0.600. The van der Waals surface area contributed by atoms with Crippen LogP contribution in [0.25, 0.3) is 0 Å². The summed E-state index contributed by atoms with van der Waals surface area (Å²) in [6.45, 7) is 9.99. The monoisotopic (exact) mass is 521 g/mol. The topological polar surface area (TPSA) is 69.2 Å². The van der Waals surface area contributed by atoms with E-state index in [4.69, 9.17) is 4.74 Å². The van der Waals surface area contributed by atoms with E-state index in [1.165, 1.54) is 12.1 Å². The van der Waals surface area contributed by atoms with Gasteiger partial charge in [0, 0.05) is 58.0 Å². The highest BCUT2D eigenvalue weighted by molar-refractivity contribution is 14.0. The number of rotatable bonds is 9. The maximum Gasteiger partial charge on any atom is 0.224 e. The van der Waals surface area contributed by atoms with Crippen molar-refractivity contribution in [1.29, 1.82) is 0 Å². The van der Waals surface area contributed by atoms with Gasteiger partial charge in [-0.3, -0.25) is 9.79 Å². The van der Waals surface area contributed by atoms with Crippen molar-refractivity contribution >= 4 is 41.5 Å². The van der Waals surface area contributed by atoms with Gasteiger partial charge in [-0.25, -0.2) is 4.39 Å². The number of guanidine groups is 1. The maximum atomic E-state index is 13.1. The standard InChI is InChI=1S/C20H32FN5O2.HI/c1-3-22-20(24-11-16-28-4-2)23-10-9-19(27)26-14-12-25(13-15-26)18-7-5-17(21)6-8-18;/h5-8H,3-4,9-16H2,1-2H3,(H2,22,23,24);1H. The minimum atomic E-state index is -0.233. The molecule has 0 radical (unpaired) electrons. The van der Waals surface area contributed by atoms with Gasteiger partial charge in [0.25, 0.3) is 0 Å². The second kappa shape index (κ2) is 14.4. The number of ether oxygens (including phenoxy) is 1. The number of halogens is 2. The highest BCUT2D eigenvalue weighted by Crippen LogP contribution is 2.17. The molecule has 0 spiro atoms. The maximum absolute atomic E-state index is 13.1. The molecule has 0 bridgehead atoms. The molecule has 0 unspecified atom stereocenters. The molecular weight excluding hydrogens is 488 g/mol. The summed E-state index contributed by atoms with van der Waals surface area (Å²) in [7, 11) is 0. The molecule has 2 rings (SSSR count). The van der Waals surface area contributed by atoms with Crippen LogP contribution in [-0.2, 0) is 9.53 Å². The van der Waals surface area contributed by atoms with Gasteiger partial charge in [-0.05, 0) is 38.1 Å². The summed E-state index contributed by atoms with van der Waals surface area (Å²) in [6.07, 6.45) is 0.423.